The first-order valence-electron chi connectivity index (χ1n) is 10.7. The van der Waals surface area contributed by atoms with Crippen molar-refractivity contribution in [3.8, 4) is 5.75 Å². The van der Waals surface area contributed by atoms with Crippen LogP contribution in [0.3, 0.4) is 0 Å². The van der Waals surface area contributed by atoms with Gasteiger partial charge in [-0.1, -0.05) is 25.3 Å². The number of aryl methyl sites for hydroxylation is 1. The Hall–Kier alpha value is -3.09. The molecule has 0 aliphatic heterocycles. The average molecular weight is 408 g/mol. The number of hydrogen-bond acceptors (Lipinski definition) is 5. The van der Waals surface area contributed by atoms with Crippen molar-refractivity contribution < 1.29 is 9.53 Å². The van der Waals surface area contributed by atoms with E-state index >= 15 is 0 Å². The highest BCUT2D eigenvalue weighted by Crippen LogP contribution is 2.32. The molecule has 158 valence electrons. The number of fused-ring (bicyclic) bond motifs is 1. The molecule has 1 amide bonds. The summed E-state index contributed by atoms with van der Waals surface area (Å²) in [6.45, 7) is 0.618. The molecule has 7 nitrogen and oxygen atoms in total. The molecule has 0 spiro atoms. The molecule has 3 aromatic rings. The third-order valence-corrected chi connectivity index (χ3v) is 5.86. The summed E-state index contributed by atoms with van der Waals surface area (Å²) < 4.78 is 7.23. The van der Waals surface area contributed by atoms with Gasteiger partial charge in [0.25, 0.3) is 0 Å². The number of benzene rings is 1. The first-order chi connectivity index (χ1) is 14.7. The Bertz CT molecular complexity index is 977. The summed E-state index contributed by atoms with van der Waals surface area (Å²) in [6.07, 6.45) is 8.55. The van der Waals surface area contributed by atoms with Crippen LogP contribution in [0.4, 0.5) is 5.69 Å². The predicted molar refractivity (Wildman–Crippen MR) is 117 cm³/mol. The normalized spacial score (nSPS) is 15.6. The van der Waals surface area contributed by atoms with Crippen molar-refractivity contribution in [2.75, 3.05) is 19.0 Å². The Labute approximate surface area is 176 Å². The molecule has 2 N–H and O–H groups in total. The first-order valence-corrected chi connectivity index (χ1v) is 10.7. The van der Waals surface area contributed by atoms with E-state index in [0.717, 1.165) is 61.4 Å². The lowest BCUT2D eigenvalue weighted by Gasteiger charge is -2.37. The molecular weight excluding hydrogens is 378 g/mol. The van der Waals surface area contributed by atoms with E-state index in [9.17, 15) is 4.79 Å². The van der Waals surface area contributed by atoms with E-state index in [1.54, 1.807) is 7.11 Å². The molecular formula is C23H29N5O2. The van der Waals surface area contributed by atoms with Gasteiger partial charge in [-0.3, -0.25) is 9.20 Å². The minimum atomic E-state index is -0.547. The highest BCUT2D eigenvalue weighted by Gasteiger charge is 2.39. The van der Waals surface area contributed by atoms with E-state index in [4.69, 9.17) is 4.74 Å². The third kappa shape index (κ3) is 4.40. The van der Waals surface area contributed by atoms with Crippen LogP contribution in [-0.2, 0) is 11.2 Å². The SMILES string of the molecule is COc1ccc(NC2(C(=O)NCCCc3nnc4ccccn34)CCCCC2)cc1. The van der Waals surface area contributed by atoms with Crippen molar-refractivity contribution in [3.63, 3.8) is 0 Å². The Morgan fingerprint density at radius 1 is 1.10 bits per heavy atom. The molecule has 1 saturated carbocycles. The van der Waals surface area contributed by atoms with Gasteiger partial charge in [0.15, 0.2) is 5.65 Å². The van der Waals surface area contributed by atoms with E-state index in [2.05, 4.69) is 20.8 Å². The molecule has 2 heterocycles. The molecule has 1 aromatic carbocycles. The van der Waals surface area contributed by atoms with Gasteiger partial charge >= 0.3 is 0 Å². The molecule has 0 bridgehead atoms. The van der Waals surface area contributed by atoms with Gasteiger partial charge in [0.2, 0.25) is 5.91 Å². The van der Waals surface area contributed by atoms with Crippen molar-refractivity contribution in [1.82, 2.24) is 19.9 Å². The zero-order chi connectivity index (χ0) is 20.8. The molecule has 0 atom stereocenters. The number of aromatic nitrogens is 3. The number of ether oxygens (including phenoxy) is 1. The van der Waals surface area contributed by atoms with Gasteiger partial charge in [-0.15, -0.1) is 10.2 Å². The number of hydrogen-bond donors (Lipinski definition) is 2. The van der Waals surface area contributed by atoms with Gasteiger partial charge in [0.05, 0.1) is 7.11 Å². The van der Waals surface area contributed by atoms with Crippen molar-refractivity contribution in [2.45, 2.75) is 50.5 Å². The number of methoxy groups -OCH3 is 1. The second-order valence-electron chi connectivity index (χ2n) is 7.90. The molecule has 1 aliphatic carbocycles. The van der Waals surface area contributed by atoms with Crippen LogP contribution in [0.15, 0.2) is 48.7 Å². The molecule has 1 aliphatic rings. The number of anilines is 1. The number of amides is 1. The van der Waals surface area contributed by atoms with Crippen LogP contribution in [0, 0.1) is 0 Å². The van der Waals surface area contributed by atoms with Gasteiger partial charge in [-0.2, -0.15) is 0 Å². The van der Waals surface area contributed by atoms with Crippen LogP contribution in [0.5, 0.6) is 5.75 Å². The van der Waals surface area contributed by atoms with Gasteiger partial charge < -0.3 is 15.4 Å². The molecule has 2 aromatic heterocycles. The third-order valence-electron chi connectivity index (χ3n) is 5.86. The van der Waals surface area contributed by atoms with Crippen molar-refractivity contribution in [1.29, 1.82) is 0 Å². The summed E-state index contributed by atoms with van der Waals surface area (Å²) in [5.41, 5.74) is 1.25. The maximum atomic E-state index is 13.2. The molecule has 7 heteroatoms. The van der Waals surface area contributed by atoms with Gasteiger partial charge in [-0.25, -0.2) is 0 Å². The highest BCUT2D eigenvalue weighted by atomic mass is 16.5. The van der Waals surface area contributed by atoms with E-state index < -0.39 is 5.54 Å². The second-order valence-corrected chi connectivity index (χ2v) is 7.90. The highest BCUT2D eigenvalue weighted by molar-refractivity contribution is 5.89. The zero-order valence-corrected chi connectivity index (χ0v) is 17.4. The molecule has 0 unspecified atom stereocenters. The van der Waals surface area contributed by atoms with Gasteiger partial charge in [-0.05, 0) is 55.7 Å². The fourth-order valence-corrected chi connectivity index (χ4v) is 4.19. The van der Waals surface area contributed by atoms with Crippen LogP contribution >= 0.6 is 0 Å². The summed E-state index contributed by atoms with van der Waals surface area (Å²) >= 11 is 0. The number of nitrogens with one attached hydrogen (secondary N) is 2. The minimum Gasteiger partial charge on any atom is -0.497 e. The Balaban J connectivity index is 1.36. The molecule has 30 heavy (non-hydrogen) atoms. The average Bonchev–Trinajstić information content (AvgIpc) is 3.21. The number of carbonyl (C=O) groups is 1. The van der Waals surface area contributed by atoms with Crippen LogP contribution in [0.2, 0.25) is 0 Å². The standard InChI is InChI=1S/C23H29N5O2/c1-30-19-12-10-18(11-13-19)25-23(14-4-2-5-15-23)22(29)24-16-7-9-21-27-26-20-8-3-6-17-28(20)21/h3,6,8,10-13,17,25H,2,4-5,7,9,14-16H2,1H3,(H,24,29). The zero-order valence-electron chi connectivity index (χ0n) is 17.4. The second kappa shape index (κ2) is 9.15. The maximum Gasteiger partial charge on any atom is 0.245 e. The Morgan fingerprint density at radius 3 is 2.67 bits per heavy atom. The Kier molecular flexibility index (Phi) is 6.16. The van der Waals surface area contributed by atoms with Crippen LogP contribution in [0.1, 0.15) is 44.3 Å². The lowest BCUT2D eigenvalue weighted by molar-refractivity contribution is -0.126. The quantitative estimate of drug-likeness (QED) is 0.558. The summed E-state index contributed by atoms with van der Waals surface area (Å²) in [4.78, 5) is 13.2. The van der Waals surface area contributed by atoms with Crippen molar-refractivity contribution in [2.24, 2.45) is 0 Å². The molecule has 4 rings (SSSR count). The first kappa shape index (κ1) is 20.2. The molecule has 1 fully saturated rings. The number of pyridine rings is 1. The summed E-state index contributed by atoms with van der Waals surface area (Å²) in [5, 5.41) is 15.1. The number of nitrogens with zero attached hydrogens (tertiary/aromatic N) is 3. The minimum absolute atomic E-state index is 0.0871. The lowest BCUT2D eigenvalue weighted by Crippen LogP contribution is -2.53. The number of rotatable bonds is 8. The number of carbonyl (C=O) groups excluding carboxylic acids is 1. The smallest absolute Gasteiger partial charge is 0.245 e. The van der Waals surface area contributed by atoms with Crippen LogP contribution < -0.4 is 15.4 Å². The summed E-state index contributed by atoms with van der Waals surface area (Å²) in [7, 11) is 1.65. The largest absolute Gasteiger partial charge is 0.497 e. The summed E-state index contributed by atoms with van der Waals surface area (Å²) in [6, 6.07) is 13.6. The Morgan fingerprint density at radius 2 is 1.90 bits per heavy atom. The lowest BCUT2D eigenvalue weighted by atomic mass is 9.80. The monoisotopic (exact) mass is 407 g/mol. The van der Waals surface area contributed by atoms with Crippen LogP contribution in [-0.4, -0.2) is 39.7 Å². The van der Waals surface area contributed by atoms with E-state index in [1.165, 1.54) is 6.42 Å². The van der Waals surface area contributed by atoms with Crippen molar-refractivity contribution in [3.05, 3.63) is 54.5 Å². The molecule has 0 radical (unpaired) electrons. The fraction of sp³-hybridized carbons (Fsp3) is 0.435. The predicted octanol–water partition coefficient (Wildman–Crippen LogP) is 3.60. The maximum absolute atomic E-state index is 13.2. The fourth-order valence-electron chi connectivity index (χ4n) is 4.19. The topological polar surface area (TPSA) is 80.5 Å². The van der Waals surface area contributed by atoms with Gasteiger partial charge in [0, 0.05) is 24.8 Å². The van der Waals surface area contributed by atoms with E-state index in [-0.39, 0.29) is 5.91 Å². The van der Waals surface area contributed by atoms with Gasteiger partial charge in [0.1, 0.15) is 17.1 Å². The van der Waals surface area contributed by atoms with E-state index in [0.29, 0.717) is 6.54 Å². The van der Waals surface area contributed by atoms with Crippen molar-refractivity contribution >= 4 is 17.2 Å². The van der Waals surface area contributed by atoms with E-state index in [1.807, 2.05) is 53.1 Å². The molecule has 0 saturated heterocycles. The van der Waals surface area contributed by atoms with Crippen LogP contribution in [0.25, 0.3) is 5.65 Å². The summed E-state index contributed by atoms with van der Waals surface area (Å²) in [5.74, 6) is 1.82.